The van der Waals surface area contributed by atoms with Crippen molar-refractivity contribution in [3.8, 4) is 0 Å². The summed E-state index contributed by atoms with van der Waals surface area (Å²) in [5.41, 5.74) is 8.04. The number of anilines is 1. The summed E-state index contributed by atoms with van der Waals surface area (Å²) >= 11 is 0. The van der Waals surface area contributed by atoms with Gasteiger partial charge in [0.15, 0.2) is 0 Å². The van der Waals surface area contributed by atoms with Crippen molar-refractivity contribution in [1.29, 1.82) is 0 Å². The van der Waals surface area contributed by atoms with Gasteiger partial charge in [0.05, 0.1) is 0 Å². The van der Waals surface area contributed by atoms with E-state index >= 15 is 0 Å². The maximum atomic E-state index is 11.3. The number of rotatable bonds is 4. The summed E-state index contributed by atoms with van der Waals surface area (Å²) in [6.07, 6.45) is 1.65. The fraction of sp³-hybridized carbons (Fsp3) is 0.238. The third-order valence-corrected chi connectivity index (χ3v) is 5.01. The maximum Gasteiger partial charge on any atom is 0.267 e. The summed E-state index contributed by atoms with van der Waals surface area (Å²) < 4.78 is 0. The van der Waals surface area contributed by atoms with E-state index in [0.29, 0.717) is 5.69 Å². The van der Waals surface area contributed by atoms with E-state index in [0.717, 1.165) is 38.4 Å². The number of amides is 1. The van der Waals surface area contributed by atoms with Gasteiger partial charge in [0.1, 0.15) is 5.69 Å². The number of nitrogens with zero attached hydrogens (tertiary/aromatic N) is 3. The number of nitrogens with two attached hydrogens (primary N) is 1. The normalized spacial score (nSPS) is 15.3. The lowest BCUT2D eigenvalue weighted by Crippen LogP contribution is -2.46. The minimum absolute atomic E-state index is 0.320. The number of piperazine rings is 1. The van der Waals surface area contributed by atoms with Crippen LogP contribution in [0, 0.1) is 0 Å². The number of hydrogen-bond donors (Lipinski definition) is 1. The zero-order valence-corrected chi connectivity index (χ0v) is 14.6. The van der Waals surface area contributed by atoms with Crippen molar-refractivity contribution in [2.45, 2.75) is 6.54 Å². The molecule has 1 aliphatic heterocycles. The lowest BCUT2D eigenvalue weighted by atomic mass is 10.0. The first kappa shape index (κ1) is 16.5. The maximum absolute atomic E-state index is 11.3. The van der Waals surface area contributed by atoms with Gasteiger partial charge in [-0.15, -0.1) is 0 Å². The number of fused-ring (bicyclic) bond motifs is 1. The van der Waals surface area contributed by atoms with E-state index in [-0.39, 0.29) is 0 Å². The molecule has 0 spiro atoms. The van der Waals surface area contributed by atoms with Crippen LogP contribution in [0.1, 0.15) is 16.1 Å². The van der Waals surface area contributed by atoms with Gasteiger partial charge in [0.2, 0.25) is 0 Å². The van der Waals surface area contributed by atoms with Crippen LogP contribution in [0.2, 0.25) is 0 Å². The Morgan fingerprint density at radius 2 is 1.77 bits per heavy atom. The average molecular weight is 346 g/mol. The molecule has 1 aliphatic rings. The molecule has 0 saturated carbocycles. The molecule has 1 fully saturated rings. The summed E-state index contributed by atoms with van der Waals surface area (Å²) in [6, 6.07) is 18.8. The highest BCUT2D eigenvalue weighted by Crippen LogP contribution is 2.22. The van der Waals surface area contributed by atoms with E-state index < -0.39 is 5.91 Å². The van der Waals surface area contributed by atoms with Gasteiger partial charge in [0.25, 0.3) is 5.91 Å². The molecular formula is C21H22N4O. The van der Waals surface area contributed by atoms with Crippen LogP contribution in [0.4, 0.5) is 5.69 Å². The van der Waals surface area contributed by atoms with E-state index in [1.807, 2.05) is 6.07 Å². The molecule has 1 saturated heterocycles. The summed E-state index contributed by atoms with van der Waals surface area (Å²) in [6.45, 7) is 4.77. The van der Waals surface area contributed by atoms with Crippen LogP contribution in [-0.2, 0) is 6.54 Å². The predicted molar refractivity (Wildman–Crippen MR) is 104 cm³/mol. The van der Waals surface area contributed by atoms with E-state index in [1.54, 1.807) is 12.3 Å². The molecule has 2 aromatic carbocycles. The van der Waals surface area contributed by atoms with Crippen LogP contribution < -0.4 is 10.6 Å². The Morgan fingerprint density at radius 1 is 1.00 bits per heavy atom. The number of carbonyl (C=O) groups excluding carboxylic acids is 1. The molecule has 5 heteroatoms. The van der Waals surface area contributed by atoms with Crippen LogP contribution in [0.15, 0.2) is 60.8 Å². The zero-order valence-electron chi connectivity index (χ0n) is 14.6. The van der Waals surface area contributed by atoms with E-state index in [2.05, 4.69) is 57.2 Å². The topological polar surface area (TPSA) is 62.5 Å². The molecule has 0 atom stereocenters. The van der Waals surface area contributed by atoms with Crippen molar-refractivity contribution in [3.63, 3.8) is 0 Å². The van der Waals surface area contributed by atoms with Gasteiger partial charge in [0, 0.05) is 44.6 Å². The van der Waals surface area contributed by atoms with Crippen LogP contribution in [0.3, 0.4) is 0 Å². The van der Waals surface area contributed by atoms with Crippen LogP contribution in [0.25, 0.3) is 10.8 Å². The summed E-state index contributed by atoms with van der Waals surface area (Å²) in [4.78, 5) is 20.1. The first-order valence-electron chi connectivity index (χ1n) is 8.90. The first-order chi connectivity index (χ1) is 12.7. The number of benzene rings is 2. The quantitative estimate of drug-likeness (QED) is 0.789. The molecule has 2 heterocycles. The lowest BCUT2D eigenvalue weighted by molar-refractivity contribution is 0.0995. The second-order valence-corrected chi connectivity index (χ2v) is 6.66. The Labute approximate surface area is 153 Å². The minimum atomic E-state index is -0.485. The molecule has 1 aromatic heterocycles. The Kier molecular flexibility index (Phi) is 4.54. The molecule has 26 heavy (non-hydrogen) atoms. The van der Waals surface area contributed by atoms with Gasteiger partial charge in [-0.1, -0.05) is 42.5 Å². The predicted octanol–water partition coefficient (Wildman–Crippen LogP) is 2.66. The van der Waals surface area contributed by atoms with Crippen molar-refractivity contribution in [2.75, 3.05) is 31.1 Å². The van der Waals surface area contributed by atoms with Gasteiger partial charge >= 0.3 is 0 Å². The summed E-state index contributed by atoms with van der Waals surface area (Å²) in [7, 11) is 0. The fourth-order valence-electron chi connectivity index (χ4n) is 3.59. The highest BCUT2D eigenvalue weighted by Gasteiger charge is 2.18. The molecule has 4 rings (SSSR count). The molecule has 2 N–H and O–H groups in total. The Bertz CT molecular complexity index is 927. The number of pyridine rings is 1. The molecule has 0 bridgehead atoms. The highest BCUT2D eigenvalue weighted by molar-refractivity contribution is 5.91. The second kappa shape index (κ2) is 7.14. The van der Waals surface area contributed by atoms with Gasteiger partial charge in [-0.25, -0.2) is 0 Å². The first-order valence-corrected chi connectivity index (χ1v) is 8.90. The Hall–Kier alpha value is -2.92. The van der Waals surface area contributed by atoms with Gasteiger partial charge in [-0.05, 0) is 28.5 Å². The van der Waals surface area contributed by atoms with Gasteiger partial charge in [-0.3, -0.25) is 14.7 Å². The Morgan fingerprint density at radius 3 is 2.58 bits per heavy atom. The molecule has 132 valence electrons. The number of hydrogen-bond acceptors (Lipinski definition) is 4. The molecule has 3 aromatic rings. The van der Waals surface area contributed by atoms with E-state index in [1.165, 1.54) is 16.3 Å². The largest absolute Gasteiger partial charge is 0.369 e. The standard InChI is InChI=1S/C21H22N4O/c22-21(26)20-14-18(8-9-23-20)25-12-10-24(11-13-25)15-17-6-3-5-16-4-1-2-7-19(16)17/h1-9,14H,10-13,15H2,(H2,22,26). The van der Waals surface area contributed by atoms with Crippen molar-refractivity contribution in [3.05, 3.63) is 72.1 Å². The van der Waals surface area contributed by atoms with Gasteiger partial charge in [-0.2, -0.15) is 0 Å². The second-order valence-electron chi connectivity index (χ2n) is 6.66. The molecule has 0 unspecified atom stereocenters. The van der Waals surface area contributed by atoms with Crippen molar-refractivity contribution < 1.29 is 4.79 Å². The number of carbonyl (C=O) groups is 1. The average Bonchev–Trinajstić information content (AvgIpc) is 2.69. The van der Waals surface area contributed by atoms with Crippen LogP contribution in [-0.4, -0.2) is 42.0 Å². The molecule has 5 nitrogen and oxygen atoms in total. The van der Waals surface area contributed by atoms with Crippen molar-refractivity contribution >= 4 is 22.4 Å². The fourth-order valence-corrected chi connectivity index (χ4v) is 3.59. The third kappa shape index (κ3) is 3.39. The smallest absolute Gasteiger partial charge is 0.267 e. The van der Waals surface area contributed by atoms with E-state index in [4.69, 9.17) is 5.73 Å². The summed E-state index contributed by atoms with van der Waals surface area (Å²) in [5.74, 6) is -0.485. The summed E-state index contributed by atoms with van der Waals surface area (Å²) in [5, 5.41) is 2.62. The van der Waals surface area contributed by atoms with Crippen LogP contribution in [0.5, 0.6) is 0 Å². The van der Waals surface area contributed by atoms with Crippen LogP contribution >= 0.6 is 0 Å². The number of primary amides is 1. The minimum Gasteiger partial charge on any atom is -0.369 e. The van der Waals surface area contributed by atoms with Crippen molar-refractivity contribution in [1.82, 2.24) is 9.88 Å². The zero-order chi connectivity index (χ0) is 17.9. The van der Waals surface area contributed by atoms with E-state index in [9.17, 15) is 4.79 Å². The third-order valence-electron chi connectivity index (χ3n) is 5.01. The van der Waals surface area contributed by atoms with Crippen molar-refractivity contribution in [2.24, 2.45) is 5.73 Å². The highest BCUT2D eigenvalue weighted by atomic mass is 16.1. The molecular weight excluding hydrogens is 324 g/mol. The van der Waals surface area contributed by atoms with Gasteiger partial charge < -0.3 is 10.6 Å². The SMILES string of the molecule is NC(=O)c1cc(N2CCN(Cc3cccc4ccccc34)CC2)ccn1. The number of aromatic nitrogens is 1. The monoisotopic (exact) mass is 346 g/mol. The lowest BCUT2D eigenvalue weighted by Gasteiger charge is -2.36. The molecule has 1 amide bonds. The Balaban J connectivity index is 1.44. The molecule has 0 radical (unpaired) electrons. The molecule has 0 aliphatic carbocycles.